The third kappa shape index (κ3) is 4.61. The van der Waals surface area contributed by atoms with Crippen LogP contribution in [0.3, 0.4) is 0 Å². The second-order valence-electron chi connectivity index (χ2n) is 7.20. The number of rotatable bonds is 9. The number of amides is 3. The van der Waals surface area contributed by atoms with Crippen LogP contribution < -0.4 is 19.5 Å². The zero-order valence-corrected chi connectivity index (χ0v) is 16.7. The summed E-state index contributed by atoms with van der Waals surface area (Å²) >= 11 is 0. The Labute approximate surface area is 178 Å². The van der Waals surface area contributed by atoms with E-state index in [4.69, 9.17) is 14.2 Å². The lowest BCUT2D eigenvalue weighted by Crippen LogP contribution is -2.36. The van der Waals surface area contributed by atoms with E-state index < -0.39 is 6.10 Å². The average molecular weight is 426 g/mol. The third-order valence-electron chi connectivity index (χ3n) is 4.99. The molecule has 0 saturated carbocycles. The van der Waals surface area contributed by atoms with Gasteiger partial charge in [-0.1, -0.05) is 12.1 Å². The molecule has 2 aliphatic rings. The van der Waals surface area contributed by atoms with Crippen LogP contribution in [0.5, 0.6) is 17.2 Å². The Balaban J connectivity index is 1.15. The number of fused-ring (bicyclic) bond motifs is 2. The van der Waals surface area contributed by atoms with Crippen molar-refractivity contribution < 1.29 is 33.7 Å². The van der Waals surface area contributed by atoms with Gasteiger partial charge in [0.2, 0.25) is 12.7 Å². The van der Waals surface area contributed by atoms with Gasteiger partial charge in [-0.25, -0.2) is 0 Å². The number of nitrogens with zero attached hydrogens (tertiary/aromatic N) is 1. The zero-order chi connectivity index (χ0) is 21.8. The van der Waals surface area contributed by atoms with Crippen molar-refractivity contribution in [2.45, 2.75) is 18.9 Å². The van der Waals surface area contributed by atoms with E-state index in [2.05, 4.69) is 5.32 Å². The summed E-state index contributed by atoms with van der Waals surface area (Å²) in [5.41, 5.74) is 0.782. The van der Waals surface area contributed by atoms with E-state index in [0.717, 1.165) is 4.90 Å². The summed E-state index contributed by atoms with van der Waals surface area (Å²) in [5.74, 6) is 0.795. The Morgan fingerprint density at radius 2 is 1.81 bits per heavy atom. The summed E-state index contributed by atoms with van der Waals surface area (Å²) < 4.78 is 16.0. The van der Waals surface area contributed by atoms with E-state index >= 15 is 0 Å². The van der Waals surface area contributed by atoms with E-state index in [-0.39, 0.29) is 50.6 Å². The number of aliphatic hydroxyl groups excluding tert-OH is 1. The van der Waals surface area contributed by atoms with E-state index in [0.29, 0.717) is 34.8 Å². The smallest absolute Gasteiger partial charge is 0.261 e. The van der Waals surface area contributed by atoms with Gasteiger partial charge >= 0.3 is 0 Å². The molecule has 162 valence electrons. The van der Waals surface area contributed by atoms with E-state index in [1.165, 1.54) is 0 Å². The predicted molar refractivity (Wildman–Crippen MR) is 108 cm³/mol. The number of benzene rings is 2. The van der Waals surface area contributed by atoms with Crippen molar-refractivity contribution in [1.82, 2.24) is 10.2 Å². The second kappa shape index (κ2) is 9.05. The van der Waals surface area contributed by atoms with Gasteiger partial charge in [0.1, 0.15) is 18.5 Å². The van der Waals surface area contributed by atoms with Crippen LogP contribution in [0, 0.1) is 0 Å². The van der Waals surface area contributed by atoms with Gasteiger partial charge in [0.25, 0.3) is 11.8 Å². The second-order valence-corrected chi connectivity index (χ2v) is 7.20. The van der Waals surface area contributed by atoms with Crippen LogP contribution in [0.1, 0.15) is 33.6 Å². The lowest BCUT2D eigenvalue weighted by atomic mass is 10.1. The lowest BCUT2D eigenvalue weighted by Gasteiger charge is -2.15. The van der Waals surface area contributed by atoms with Crippen molar-refractivity contribution >= 4 is 17.7 Å². The maximum Gasteiger partial charge on any atom is 0.261 e. The van der Waals surface area contributed by atoms with Crippen molar-refractivity contribution in [1.29, 1.82) is 0 Å². The summed E-state index contributed by atoms with van der Waals surface area (Å²) in [7, 11) is 0. The minimum absolute atomic E-state index is 0.00500. The highest BCUT2D eigenvalue weighted by Gasteiger charge is 2.34. The van der Waals surface area contributed by atoms with E-state index in [1.54, 1.807) is 42.5 Å². The predicted octanol–water partition coefficient (Wildman–Crippen LogP) is 1.35. The number of ether oxygens (including phenoxy) is 3. The first kappa shape index (κ1) is 20.7. The minimum atomic E-state index is -0.898. The molecule has 0 saturated heterocycles. The third-order valence-corrected chi connectivity index (χ3v) is 4.99. The Hall–Kier alpha value is -3.59. The number of hydrogen-bond donors (Lipinski definition) is 2. The number of hydrogen-bond acceptors (Lipinski definition) is 7. The first-order chi connectivity index (χ1) is 15.0. The fraction of sp³-hybridized carbons (Fsp3) is 0.318. The molecule has 0 bridgehead atoms. The standard InChI is InChI=1S/C22H22N2O7/c25-14(12-29-15-7-8-18-19(10-15)31-13-30-18)11-23-20(26)6-3-9-24-21(27)16-4-1-2-5-17(16)22(24)28/h1-2,4-5,7-8,10,14,25H,3,6,9,11-13H2,(H,23,26). The fourth-order valence-electron chi connectivity index (χ4n) is 3.38. The van der Waals surface area contributed by atoms with Crippen molar-refractivity contribution in [3.8, 4) is 17.2 Å². The zero-order valence-electron chi connectivity index (χ0n) is 16.7. The molecule has 31 heavy (non-hydrogen) atoms. The van der Waals surface area contributed by atoms with Crippen LogP contribution in [0.4, 0.5) is 0 Å². The monoisotopic (exact) mass is 426 g/mol. The summed E-state index contributed by atoms with van der Waals surface area (Å²) in [4.78, 5) is 37.8. The molecule has 2 N–H and O–H groups in total. The molecule has 0 spiro atoms. The van der Waals surface area contributed by atoms with Crippen LogP contribution in [-0.2, 0) is 4.79 Å². The number of nitrogens with one attached hydrogen (secondary N) is 1. The Morgan fingerprint density at radius 3 is 2.55 bits per heavy atom. The van der Waals surface area contributed by atoms with Crippen LogP contribution >= 0.6 is 0 Å². The maximum atomic E-state index is 12.3. The molecule has 2 aliphatic heterocycles. The summed E-state index contributed by atoms with van der Waals surface area (Å²) in [5, 5.41) is 12.7. The minimum Gasteiger partial charge on any atom is -0.491 e. The molecule has 1 atom stereocenters. The molecular weight excluding hydrogens is 404 g/mol. The van der Waals surface area contributed by atoms with Gasteiger partial charge in [0, 0.05) is 25.6 Å². The van der Waals surface area contributed by atoms with Crippen molar-refractivity contribution in [2.75, 3.05) is 26.5 Å². The molecule has 1 unspecified atom stereocenters. The summed E-state index contributed by atoms with van der Waals surface area (Å²) in [6.45, 7) is 0.349. The van der Waals surface area contributed by atoms with Gasteiger partial charge in [0.15, 0.2) is 11.5 Å². The Bertz CT molecular complexity index is 972. The Morgan fingerprint density at radius 1 is 1.10 bits per heavy atom. The molecule has 9 heteroatoms. The van der Waals surface area contributed by atoms with Gasteiger partial charge in [-0.15, -0.1) is 0 Å². The highest BCUT2D eigenvalue weighted by Crippen LogP contribution is 2.35. The fourth-order valence-corrected chi connectivity index (χ4v) is 3.38. The van der Waals surface area contributed by atoms with Gasteiger partial charge in [0.05, 0.1) is 11.1 Å². The van der Waals surface area contributed by atoms with Crippen LogP contribution in [-0.4, -0.2) is 60.3 Å². The molecule has 3 amide bonds. The first-order valence-electron chi connectivity index (χ1n) is 9.95. The normalized spacial score (nSPS) is 15.1. The molecule has 0 fully saturated rings. The Kier molecular flexibility index (Phi) is 6.03. The molecule has 4 rings (SSSR count). The number of aliphatic hydroxyl groups is 1. The molecule has 2 aromatic carbocycles. The molecular formula is C22H22N2O7. The molecule has 9 nitrogen and oxygen atoms in total. The van der Waals surface area contributed by atoms with Crippen LogP contribution in [0.15, 0.2) is 42.5 Å². The van der Waals surface area contributed by atoms with Crippen molar-refractivity contribution in [3.63, 3.8) is 0 Å². The first-order valence-corrected chi connectivity index (χ1v) is 9.95. The number of carbonyl (C=O) groups excluding carboxylic acids is 3. The van der Waals surface area contributed by atoms with Crippen LogP contribution in [0.25, 0.3) is 0 Å². The molecule has 0 aromatic heterocycles. The van der Waals surface area contributed by atoms with Crippen molar-refractivity contribution in [3.05, 3.63) is 53.6 Å². The summed E-state index contributed by atoms with van der Waals surface area (Å²) in [6.07, 6.45) is -0.435. The highest BCUT2D eigenvalue weighted by atomic mass is 16.7. The van der Waals surface area contributed by atoms with Gasteiger partial charge < -0.3 is 24.6 Å². The molecule has 2 heterocycles. The average Bonchev–Trinajstić information content (AvgIpc) is 3.34. The molecule has 0 aliphatic carbocycles. The molecule has 0 radical (unpaired) electrons. The van der Waals surface area contributed by atoms with Gasteiger partial charge in [-0.2, -0.15) is 0 Å². The molecule has 2 aromatic rings. The van der Waals surface area contributed by atoms with Gasteiger partial charge in [-0.3, -0.25) is 19.3 Å². The quantitative estimate of drug-likeness (QED) is 0.582. The highest BCUT2D eigenvalue weighted by molar-refractivity contribution is 6.21. The lowest BCUT2D eigenvalue weighted by molar-refractivity contribution is -0.121. The SMILES string of the molecule is O=C(CCCN1C(=O)c2ccccc2C1=O)NCC(O)COc1ccc2c(c1)OCO2. The van der Waals surface area contributed by atoms with E-state index in [9.17, 15) is 19.5 Å². The van der Waals surface area contributed by atoms with Crippen LogP contribution in [0.2, 0.25) is 0 Å². The maximum absolute atomic E-state index is 12.3. The number of imide groups is 1. The van der Waals surface area contributed by atoms with E-state index in [1.807, 2.05) is 0 Å². The number of carbonyl (C=O) groups is 3. The summed E-state index contributed by atoms with van der Waals surface area (Å²) in [6, 6.07) is 11.8. The van der Waals surface area contributed by atoms with Crippen molar-refractivity contribution in [2.24, 2.45) is 0 Å². The largest absolute Gasteiger partial charge is 0.491 e. The van der Waals surface area contributed by atoms with Gasteiger partial charge in [-0.05, 0) is 30.7 Å². The topological polar surface area (TPSA) is 114 Å².